The molecule has 1 heterocycles. The largest absolute Gasteiger partial charge is 0.482 e. The second kappa shape index (κ2) is 5.49. The number of rotatable bonds is 4. The summed E-state index contributed by atoms with van der Waals surface area (Å²) in [5, 5.41) is 6.19. The fourth-order valence-corrected chi connectivity index (χ4v) is 1.50. The first-order valence-electron chi connectivity index (χ1n) is 4.80. The third-order valence-corrected chi connectivity index (χ3v) is 2.25. The number of hydrogen-bond acceptors (Lipinski definition) is 4. The molecule has 6 heteroatoms. The van der Waals surface area contributed by atoms with Gasteiger partial charge in [-0.1, -0.05) is 5.16 Å². The number of halogens is 1. The van der Waals surface area contributed by atoms with Crippen molar-refractivity contribution in [1.82, 2.24) is 5.16 Å². The first-order chi connectivity index (χ1) is 8.29. The molecule has 0 saturated heterocycles. The van der Waals surface area contributed by atoms with Gasteiger partial charge in [-0.25, -0.2) is 0 Å². The van der Waals surface area contributed by atoms with Crippen molar-refractivity contribution in [1.29, 1.82) is 0 Å². The monoisotopic (exact) mass is 296 g/mol. The van der Waals surface area contributed by atoms with Crippen LogP contribution in [0.4, 0.5) is 5.82 Å². The summed E-state index contributed by atoms with van der Waals surface area (Å²) < 4.78 is 9.82. The second-order valence-electron chi connectivity index (χ2n) is 3.12. The molecule has 2 aromatic rings. The van der Waals surface area contributed by atoms with Gasteiger partial charge in [-0.05, 0) is 40.2 Å². The molecular formula is C11H9BrN2O3. The number of ether oxygens (including phenoxy) is 1. The Labute approximate surface area is 106 Å². The number of amides is 1. The van der Waals surface area contributed by atoms with Crippen LogP contribution in [0.15, 0.2) is 41.1 Å². The highest BCUT2D eigenvalue weighted by atomic mass is 79.9. The van der Waals surface area contributed by atoms with Crippen LogP contribution in [0.25, 0.3) is 0 Å². The molecule has 0 atom stereocenters. The molecule has 17 heavy (non-hydrogen) atoms. The van der Waals surface area contributed by atoms with E-state index in [4.69, 9.17) is 4.74 Å². The van der Waals surface area contributed by atoms with Crippen molar-refractivity contribution in [2.24, 2.45) is 0 Å². The highest BCUT2D eigenvalue weighted by Crippen LogP contribution is 2.14. The summed E-state index contributed by atoms with van der Waals surface area (Å²) in [6, 6.07) is 8.36. The molecule has 0 unspecified atom stereocenters. The van der Waals surface area contributed by atoms with E-state index < -0.39 is 0 Å². The van der Waals surface area contributed by atoms with Gasteiger partial charge in [0, 0.05) is 11.6 Å². The minimum Gasteiger partial charge on any atom is -0.482 e. The van der Waals surface area contributed by atoms with Crippen LogP contribution < -0.4 is 10.1 Å². The summed E-state index contributed by atoms with van der Waals surface area (Å²) in [6.07, 6.45) is 1.39. The van der Waals surface area contributed by atoms with Crippen LogP contribution in [0.1, 0.15) is 10.4 Å². The Morgan fingerprint density at radius 2 is 2.12 bits per heavy atom. The Morgan fingerprint density at radius 3 is 2.71 bits per heavy atom. The molecule has 0 bridgehead atoms. The van der Waals surface area contributed by atoms with E-state index in [2.05, 4.69) is 30.9 Å². The molecule has 1 aromatic carbocycles. The van der Waals surface area contributed by atoms with E-state index in [1.807, 2.05) is 0 Å². The Kier molecular flexibility index (Phi) is 3.77. The van der Waals surface area contributed by atoms with Gasteiger partial charge in [-0.2, -0.15) is 0 Å². The molecule has 2 rings (SSSR count). The lowest BCUT2D eigenvalue weighted by molar-refractivity contribution is 0.102. The number of carbonyl (C=O) groups excluding carboxylic acids is 1. The van der Waals surface area contributed by atoms with Gasteiger partial charge in [-0.3, -0.25) is 4.79 Å². The van der Waals surface area contributed by atoms with Gasteiger partial charge < -0.3 is 14.6 Å². The summed E-state index contributed by atoms with van der Waals surface area (Å²) >= 11 is 3.15. The van der Waals surface area contributed by atoms with Gasteiger partial charge in [0.1, 0.15) is 17.5 Å². The zero-order chi connectivity index (χ0) is 12.1. The van der Waals surface area contributed by atoms with Crippen LogP contribution in [0.2, 0.25) is 0 Å². The normalized spacial score (nSPS) is 9.94. The Hall–Kier alpha value is -1.82. The van der Waals surface area contributed by atoms with Crippen molar-refractivity contribution in [3.8, 4) is 5.75 Å². The van der Waals surface area contributed by atoms with Crippen LogP contribution in [0.5, 0.6) is 5.75 Å². The van der Waals surface area contributed by atoms with E-state index >= 15 is 0 Å². The summed E-state index contributed by atoms with van der Waals surface area (Å²) in [7, 11) is 0. The van der Waals surface area contributed by atoms with Crippen molar-refractivity contribution in [3.63, 3.8) is 0 Å². The maximum absolute atomic E-state index is 11.7. The van der Waals surface area contributed by atoms with Gasteiger partial charge >= 0.3 is 0 Å². The number of nitrogens with zero attached hydrogens (tertiary/aromatic N) is 1. The third-order valence-electron chi connectivity index (χ3n) is 2.02. The van der Waals surface area contributed by atoms with E-state index in [1.165, 1.54) is 6.26 Å². The lowest BCUT2D eigenvalue weighted by atomic mass is 10.2. The van der Waals surface area contributed by atoms with E-state index in [0.29, 0.717) is 22.6 Å². The molecule has 0 spiro atoms. The van der Waals surface area contributed by atoms with E-state index in [-0.39, 0.29) is 5.91 Å². The molecule has 0 radical (unpaired) electrons. The molecule has 0 fully saturated rings. The molecule has 0 saturated carbocycles. The topological polar surface area (TPSA) is 64.4 Å². The summed E-state index contributed by atoms with van der Waals surface area (Å²) in [5.41, 5.74) is 0.937. The Bertz CT molecular complexity index is 482. The molecule has 88 valence electrons. The number of nitrogens with one attached hydrogen (secondary N) is 1. The number of aromatic nitrogens is 1. The lowest BCUT2D eigenvalue weighted by Gasteiger charge is -2.04. The predicted octanol–water partition coefficient (Wildman–Crippen LogP) is 2.66. The Balaban J connectivity index is 2.04. The zero-order valence-corrected chi connectivity index (χ0v) is 10.3. The van der Waals surface area contributed by atoms with Crippen molar-refractivity contribution < 1.29 is 14.1 Å². The van der Waals surface area contributed by atoms with Crippen LogP contribution in [0, 0.1) is 0 Å². The summed E-state index contributed by atoms with van der Waals surface area (Å²) in [4.78, 5) is 11.7. The van der Waals surface area contributed by atoms with Gasteiger partial charge in [0.25, 0.3) is 5.91 Å². The highest BCUT2D eigenvalue weighted by molar-refractivity contribution is 9.09. The first-order valence-corrected chi connectivity index (χ1v) is 5.92. The van der Waals surface area contributed by atoms with E-state index in [1.54, 1.807) is 30.3 Å². The SMILES string of the molecule is O=C(Nc1ccon1)c1ccc(OCBr)cc1. The molecule has 0 aliphatic carbocycles. The number of anilines is 1. The van der Waals surface area contributed by atoms with Crippen molar-refractivity contribution in [3.05, 3.63) is 42.2 Å². The van der Waals surface area contributed by atoms with Crippen LogP contribution in [-0.2, 0) is 0 Å². The standard InChI is InChI=1S/C11H9BrN2O3/c12-7-16-9-3-1-8(2-4-9)11(15)13-10-5-6-17-14-10/h1-6H,7H2,(H,13,14,15). The van der Waals surface area contributed by atoms with Crippen molar-refractivity contribution >= 4 is 27.7 Å². The van der Waals surface area contributed by atoms with Crippen LogP contribution in [0.3, 0.4) is 0 Å². The number of hydrogen-bond donors (Lipinski definition) is 1. The fourth-order valence-electron chi connectivity index (χ4n) is 1.23. The molecule has 5 nitrogen and oxygen atoms in total. The number of benzene rings is 1. The zero-order valence-electron chi connectivity index (χ0n) is 8.72. The quantitative estimate of drug-likeness (QED) is 0.881. The average Bonchev–Trinajstić information content (AvgIpc) is 2.83. The summed E-state index contributed by atoms with van der Waals surface area (Å²) in [5.74, 6) is 0.833. The second-order valence-corrected chi connectivity index (χ2v) is 3.57. The molecule has 0 aliphatic rings. The number of carbonyl (C=O) groups is 1. The maximum Gasteiger partial charge on any atom is 0.256 e. The Morgan fingerprint density at radius 1 is 1.35 bits per heavy atom. The van der Waals surface area contributed by atoms with Crippen LogP contribution in [-0.4, -0.2) is 16.6 Å². The third kappa shape index (κ3) is 3.07. The van der Waals surface area contributed by atoms with Gasteiger partial charge in [0.05, 0.1) is 0 Å². The molecule has 1 N–H and O–H groups in total. The van der Waals surface area contributed by atoms with Gasteiger partial charge in [0.2, 0.25) is 0 Å². The molecule has 1 aromatic heterocycles. The fraction of sp³-hybridized carbons (Fsp3) is 0.0909. The minimum atomic E-state index is -0.246. The molecule has 1 amide bonds. The van der Waals surface area contributed by atoms with Gasteiger partial charge in [-0.15, -0.1) is 0 Å². The summed E-state index contributed by atoms with van der Waals surface area (Å²) in [6.45, 7) is 0. The van der Waals surface area contributed by atoms with Gasteiger partial charge in [0.15, 0.2) is 5.82 Å². The molecular weight excluding hydrogens is 288 g/mol. The van der Waals surface area contributed by atoms with Crippen LogP contribution >= 0.6 is 15.9 Å². The molecule has 0 aliphatic heterocycles. The van der Waals surface area contributed by atoms with E-state index in [0.717, 1.165) is 0 Å². The maximum atomic E-state index is 11.7. The van der Waals surface area contributed by atoms with Crippen molar-refractivity contribution in [2.45, 2.75) is 0 Å². The number of alkyl halides is 1. The highest BCUT2D eigenvalue weighted by Gasteiger charge is 2.07. The van der Waals surface area contributed by atoms with E-state index in [9.17, 15) is 4.79 Å². The first kappa shape index (κ1) is 11.7. The van der Waals surface area contributed by atoms with Crippen molar-refractivity contribution in [2.75, 3.05) is 10.8 Å². The average molecular weight is 297 g/mol. The smallest absolute Gasteiger partial charge is 0.256 e. The minimum absolute atomic E-state index is 0.246. The predicted molar refractivity (Wildman–Crippen MR) is 65.3 cm³/mol. The lowest BCUT2D eigenvalue weighted by Crippen LogP contribution is -2.11.